The minimum Gasteiger partial charge on any atom is -0.425 e. The maximum atomic E-state index is 12.1. The van der Waals surface area contributed by atoms with Crippen LogP contribution >= 0.6 is 0 Å². The summed E-state index contributed by atoms with van der Waals surface area (Å²) >= 11 is 0. The molecule has 0 spiro atoms. The lowest BCUT2D eigenvalue weighted by Gasteiger charge is -2.29. The third-order valence-electron chi connectivity index (χ3n) is 3.69. The molecule has 29 heavy (non-hydrogen) atoms. The highest BCUT2D eigenvalue weighted by Crippen LogP contribution is 2.24. The van der Waals surface area contributed by atoms with E-state index in [0.29, 0.717) is 0 Å². The molecule has 0 heterocycles. The molecule has 0 saturated carbocycles. The van der Waals surface area contributed by atoms with Crippen LogP contribution in [0.25, 0.3) is 0 Å². The van der Waals surface area contributed by atoms with Gasteiger partial charge in [0.25, 0.3) is 10.1 Å². The topological polar surface area (TPSA) is 145 Å². The van der Waals surface area contributed by atoms with E-state index in [4.69, 9.17) is 13.7 Å². The molecule has 0 aromatic carbocycles. The van der Waals surface area contributed by atoms with Gasteiger partial charge in [0.2, 0.25) is 12.2 Å². The number of aliphatic hydroxyl groups is 1. The van der Waals surface area contributed by atoms with E-state index < -0.39 is 51.9 Å². The molecular formula is C18H33NO9S. The molecule has 2 atom stereocenters. The molecule has 1 unspecified atom stereocenters. The van der Waals surface area contributed by atoms with Gasteiger partial charge in [-0.3, -0.25) is 13.8 Å². The summed E-state index contributed by atoms with van der Waals surface area (Å²) < 4.78 is 38.6. The zero-order chi connectivity index (χ0) is 23.0. The van der Waals surface area contributed by atoms with Crippen LogP contribution in [0.3, 0.4) is 0 Å². The Kier molecular flexibility index (Phi) is 10.2. The predicted molar refractivity (Wildman–Crippen MR) is 104 cm³/mol. The number of carbonyl (C=O) groups excluding carboxylic acids is 3. The molecule has 0 radical (unpaired) electrons. The van der Waals surface area contributed by atoms with Gasteiger partial charge < -0.3 is 19.9 Å². The summed E-state index contributed by atoms with van der Waals surface area (Å²) in [6.45, 7) is 10.1. The van der Waals surface area contributed by atoms with Gasteiger partial charge in [-0.05, 0) is 27.2 Å². The number of aliphatic hydroxyl groups excluding tert-OH is 1. The van der Waals surface area contributed by atoms with E-state index in [1.807, 2.05) is 0 Å². The molecule has 170 valence electrons. The van der Waals surface area contributed by atoms with Crippen molar-refractivity contribution in [3.8, 4) is 0 Å². The highest BCUT2D eigenvalue weighted by Gasteiger charge is 2.38. The lowest BCUT2D eigenvalue weighted by molar-refractivity contribution is -0.199. The normalized spacial score (nSPS) is 14.6. The number of ether oxygens (including phenoxy) is 2. The largest absolute Gasteiger partial charge is 0.425 e. The summed E-state index contributed by atoms with van der Waals surface area (Å²) in [6.07, 6.45) is -2.78. The lowest BCUT2D eigenvalue weighted by atomic mass is 9.88. The van der Waals surface area contributed by atoms with Gasteiger partial charge in [0.15, 0.2) is 6.10 Å². The number of hydrogen-bond donors (Lipinski definition) is 2. The third kappa shape index (κ3) is 11.1. The van der Waals surface area contributed by atoms with Crippen LogP contribution in [0, 0.1) is 10.8 Å². The Hall–Kier alpha value is -1.72. The standard InChI is InChI=1S/C18H33NO9S/c1-12(20)19-9-8-10-29(24,25)26-11-18(6,7)14(21)15(22)27-13(2)28-16(23)17(3,4)5/h13-14,21H,8-11H2,1-7H3,(H,19,20)/t13?,14-/m0/s1. The van der Waals surface area contributed by atoms with Crippen molar-refractivity contribution in [3.63, 3.8) is 0 Å². The van der Waals surface area contributed by atoms with E-state index in [0.717, 1.165) is 0 Å². The van der Waals surface area contributed by atoms with Crippen molar-refractivity contribution in [1.29, 1.82) is 0 Å². The second kappa shape index (κ2) is 10.9. The van der Waals surface area contributed by atoms with E-state index in [1.54, 1.807) is 20.8 Å². The molecular weight excluding hydrogens is 406 g/mol. The highest BCUT2D eigenvalue weighted by atomic mass is 32.2. The Morgan fingerprint density at radius 1 is 1.07 bits per heavy atom. The quantitative estimate of drug-likeness (QED) is 0.206. The molecule has 10 nitrogen and oxygen atoms in total. The van der Waals surface area contributed by atoms with Crippen LogP contribution in [0.2, 0.25) is 0 Å². The summed E-state index contributed by atoms with van der Waals surface area (Å²) in [6, 6.07) is 0. The Morgan fingerprint density at radius 3 is 2.10 bits per heavy atom. The number of rotatable bonds is 11. The minimum atomic E-state index is -3.91. The molecule has 0 aromatic rings. The first-order valence-corrected chi connectivity index (χ1v) is 10.8. The molecule has 0 fully saturated rings. The smallest absolute Gasteiger partial charge is 0.338 e. The van der Waals surface area contributed by atoms with Crippen LogP contribution in [-0.2, 0) is 38.2 Å². The van der Waals surface area contributed by atoms with Crippen molar-refractivity contribution in [2.24, 2.45) is 10.8 Å². The van der Waals surface area contributed by atoms with E-state index in [2.05, 4.69) is 5.32 Å². The van der Waals surface area contributed by atoms with Crippen LogP contribution in [0.5, 0.6) is 0 Å². The van der Waals surface area contributed by atoms with Crippen molar-refractivity contribution in [3.05, 3.63) is 0 Å². The molecule has 0 aliphatic rings. The van der Waals surface area contributed by atoms with Crippen molar-refractivity contribution >= 4 is 28.0 Å². The molecule has 2 N–H and O–H groups in total. The molecule has 1 amide bonds. The van der Waals surface area contributed by atoms with Gasteiger partial charge in [0.1, 0.15) is 0 Å². The first kappa shape index (κ1) is 27.3. The summed E-state index contributed by atoms with van der Waals surface area (Å²) in [4.78, 5) is 34.7. The fraction of sp³-hybridized carbons (Fsp3) is 0.833. The number of carbonyl (C=O) groups is 3. The van der Waals surface area contributed by atoms with Crippen LogP contribution in [0.4, 0.5) is 0 Å². The summed E-state index contributed by atoms with van der Waals surface area (Å²) in [5.74, 6) is -2.26. The third-order valence-corrected chi connectivity index (χ3v) is 4.95. The lowest BCUT2D eigenvalue weighted by Crippen LogP contribution is -2.43. The van der Waals surface area contributed by atoms with Crippen LogP contribution in [0.1, 0.15) is 54.9 Å². The summed E-state index contributed by atoms with van der Waals surface area (Å²) in [7, 11) is -3.91. The average molecular weight is 440 g/mol. The second-order valence-corrected chi connectivity index (χ2v) is 10.2. The first-order valence-electron chi connectivity index (χ1n) is 9.19. The molecule has 0 saturated heterocycles. The number of esters is 2. The van der Waals surface area contributed by atoms with Gasteiger partial charge in [0.05, 0.1) is 17.8 Å². The summed E-state index contributed by atoms with van der Waals surface area (Å²) in [5.41, 5.74) is -2.09. The first-order chi connectivity index (χ1) is 13.0. The van der Waals surface area contributed by atoms with Crippen molar-refractivity contribution in [1.82, 2.24) is 5.32 Å². The van der Waals surface area contributed by atoms with Gasteiger partial charge in [-0.1, -0.05) is 13.8 Å². The summed E-state index contributed by atoms with van der Waals surface area (Å²) in [5, 5.41) is 12.7. The van der Waals surface area contributed by atoms with Crippen LogP contribution in [-0.4, -0.2) is 62.7 Å². The van der Waals surface area contributed by atoms with E-state index in [-0.39, 0.29) is 24.6 Å². The van der Waals surface area contributed by atoms with Gasteiger partial charge >= 0.3 is 11.9 Å². The monoisotopic (exact) mass is 439 g/mol. The Labute approximate surface area is 172 Å². The van der Waals surface area contributed by atoms with Crippen molar-refractivity contribution < 1.29 is 41.6 Å². The van der Waals surface area contributed by atoms with Gasteiger partial charge in [-0.15, -0.1) is 0 Å². The number of hydrogen-bond acceptors (Lipinski definition) is 9. The minimum absolute atomic E-state index is 0.156. The predicted octanol–water partition coefficient (Wildman–Crippen LogP) is 0.725. The van der Waals surface area contributed by atoms with E-state index in [1.165, 1.54) is 27.7 Å². The zero-order valence-corrected chi connectivity index (χ0v) is 18.9. The molecule has 11 heteroatoms. The van der Waals surface area contributed by atoms with E-state index >= 15 is 0 Å². The highest BCUT2D eigenvalue weighted by molar-refractivity contribution is 7.86. The number of nitrogens with one attached hydrogen (secondary N) is 1. The Morgan fingerprint density at radius 2 is 1.62 bits per heavy atom. The van der Waals surface area contributed by atoms with Crippen LogP contribution in [0.15, 0.2) is 0 Å². The molecule has 0 aliphatic carbocycles. The van der Waals surface area contributed by atoms with Gasteiger partial charge in [-0.25, -0.2) is 4.79 Å². The maximum Gasteiger partial charge on any atom is 0.338 e. The molecule has 0 aliphatic heterocycles. The van der Waals surface area contributed by atoms with Crippen LogP contribution < -0.4 is 5.32 Å². The average Bonchev–Trinajstić information content (AvgIpc) is 2.55. The van der Waals surface area contributed by atoms with Crippen molar-refractivity contribution in [2.45, 2.75) is 67.3 Å². The van der Waals surface area contributed by atoms with E-state index in [9.17, 15) is 27.9 Å². The fourth-order valence-electron chi connectivity index (χ4n) is 1.79. The van der Waals surface area contributed by atoms with Gasteiger partial charge in [0, 0.05) is 25.8 Å². The number of amides is 1. The Bertz CT molecular complexity index is 680. The fourth-order valence-corrected chi connectivity index (χ4v) is 2.89. The Balaban J connectivity index is 4.65. The van der Waals surface area contributed by atoms with Gasteiger partial charge in [-0.2, -0.15) is 8.42 Å². The molecule has 0 rings (SSSR count). The van der Waals surface area contributed by atoms with Crippen molar-refractivity contribution in [2.75, 3.05) is 18.9 Å². The second-order valence-electron chi connectivity index (χ2n) is 8.41. The maximum absolute atomic E-state index is 12.1. The zero-order valence-electron chi connectivity index (χ0n) is 18.1. The molecule has 0 aromatic heterocycles. The molecule has 0 bridgehead atoms. The SMILES string of the molecule is CC(=O)NCCCS(=O)(=O)OCC(C)(C)[C@@H](O)C(=O)OC(C)OC(=O)C(C)(C)C.